The van der Waals surface area contributed by atoms with Gasteiger partial charge in [-0.05, 0) is 6.07 Å². The number of primary amides is 1. The Morgan fingerprint density at radius 1 is 1.28 bits per heavy atom. The molecule has 2 heterocycles. The van der Waals surface area contributed by atoms with Crippen LogP contribution in [0.25, 0.3) is 0 Å². The number of amides is 1. The second kappa shape index (κ2) is 4.74. The van der Waals surface area contributed by atoms with Gasteiger partial charge in [-0.3, -0.25) is 14.3 Å². The molecule has 0 fully saturated rings. The van der Waals surface area contributed by atoms with Crippen molar-refractivity contribution in [1.82, 2.24) is 14.3 Å². The van der Waals surface area contributed by atoms with E-state index in [0.29, 0.717) is 24.3 Å². The molecule has 0 spiro atoms. The van der Waals surface area contributed by atoms with E-state index < -0.39 is 5.91 Å². The summed E-state index contributed by atoms with van der Waals surface area (Å²) in [6.45, 7) is 0.875. The molecule has 18 heavy (non-hydrogen) atoms. The van der Waals surface area contributed by atoms with E-state index in [1.807, 2.05) is 0 Å². The third-order valence-electron chi connectivity index (χ3n) is 2.49. The third-order valence-corrected chi connectivity index (χ3v) is 2.49. The SMILES string of the molecule is NC(=O)c1cnn(CCn2cc(N)ccc2=O)c1. The Bertz CT molecular complexity index is 628. The van der Waals surface area contributed by atoms with E-state index >= 15 is 0 Å². The number of rotatable bonds is 4. The standard InChI is InChI=1S/C11H13N5O2/c12-9-1-2-10(17)15(7-9)3-4-16-6-8(5-14-16)11(13)18/h1-2,5-7H,3-4,12H2,(H2,13,18). The van der Waals surface area contributed by atoms with E-state index in [2.05, 4.69) is 5.10 Å². The fourth-order valence-electron chi connectivity index (χ4n) is 1.55. The molecule has 0 aliphatic carbocycles. The van der Waals surface area contributed by atoms with Crippen LogP contribution >= 0.6 is 0 Å². The number of carbonyl (C=O) groups is 1. The number of aromatic nitrogens is 3. The van der Waals surface area contributed by atoms with Crippen molar-refractivity contribution in [3.05, 3.63) is 46.6 Å². The van der Waals surface area contributed by atoms with Crippen molar-refractivity contribution >= 4 is 11.6 Å². The number of hydrogen-bond donors (Lipinski definition) is 2. The second-order valence-corrected chi connectivity index (χ2v) is 3.85. The molecule has 2 aromatic rings. The Labute approximate surface area is 103 Å². The highest BCUT2D eigenvalue weighted by Crippen LogP contribution is 1.99. The molecule has 4 N–H and O–H groups in total. The normalized spacial score (nSPS) is 10.4. The Balaban J connectivity index is 2.09. The monoisotopic (exact) mass is 247 g/mol. The maximum atomic E-state index is 11.5. The molecular weight excluding hydrogens is 234 g/mol. The largest absolute Gasteiger partial charge is 0.398 e. The molecule has 0 saturated carbocycles. The van der Waals surface area contributed by atoms with Crippen LogP contribution in [-0.2, 0) is 13.1 Å². The Hall–Kier alpha value is -2.57. The van der Waals surface area contributed by atoms with E-state index in [1.165, 1.54) is 16.8 Å². The smallest absolute Gasteiger partial charge is 0.251 e. The predicted octanol–water partition coefficient (Wildman–Crippen LogP) is -0.574. The summed E-state index contributed by atoms with van der Waals surface area (Å²) in [5.74, 6) is -0.526. The zero-order chi connectivity index (χ0) is 13.1. The lowest BCUT2D eigenvalue weighted by Crippen LogP contribution is -2.21. The fourth-order valence-corrected chi connectivity index (χ4v) is 1.55. The van der Waals surface area contributed by atoms with E-state index in [-0.39, 0.29) is 5.56 Å². The van der Waals surface area contributed by atoms with Gasteiger partial charge in [-0.2, -0.15) is 5.10 Å². The van der Waals surface area contributed by atoms with Gasteiger partial charge in [0.1, 0.15) is 0 Å². The number of anilines is 1. The number of nitrogens with zero attached hydrogens (tertiary/aromatic N) is 3. The van der Waals surface area contributed by atoms with Crippen LogP contribution in [0, 0.1) is 0 Å². The van der Waals surface area contributed by atoms with Crippen LogP contribution in [0.3, 0.4) is 0 Å². The van der Waals surface area contributed by atoms with Crippen molar-refractivity contribution in [1.29, 1.82) is 0 Å². The first kappa shape index (κ1) is 11.9. The molecule has 0 aromatic carbocycles. The molecule has 94 valence electrons. The molecule has 0 atom stereocenters. The van der Waals surface area contributed by atoms with Crippen LogP contribution in [-0.4, -0.2) is 20.3 Å². The quantitative estimate of drug-likeness (QED) is 0.753. The molecule has 0 unspecified atom stereocenters. The molecule has 7 heteroatoms. The molecule has 0 aliphatic heterocycles. The first-order valence-corrected chi connectivity index (χ1v) is 5.34. The van der Waals surface area contributed by atoms with Crippen LogP contribution in [0.1, 0.15) is 10.4 Å². The van der Waals surface area contributed by atoms with Crippen molar-refractivity contribution in [2.75, 3.05) is 5.73 Å². The summed E-state index contributed by atoms with van der Waals surface area (Å²) in [7, 11) is 0. The number of pyridine rings is 1. The van der Waals surface area contributed by atoms with Crippen molar-refractivity contribution in [3.8, 4) is 0 Å². The molecule has 2 rings (SSSR count). The van der Waals surface area contributed by atoms with Crippen LogP contribution in [0.4, 0.5) is 5.69 Å². The van der Waals surface area contributed by atoms with E-state index in [9.17, 15) is 9.59 Å². The molecule has 0 aliphatic rings. The Morgan fingerprint density at radius 2 is 2.06 bits per heavy atom. The van der Waals surface area contributed by atoms with Gasteiger partial charge in [0.15, 0.2) is 0 Å². The minimum atomic E-state index is -0.526. The van der Waals surface area contributed by atoms with Gasteiger partial charge in [-0.1, -0.05) is 0 Å². The number of aryl methyl sites for hydroxylation is 2. The summed E-state index contributed by atoms with van der Waals surface area (Å²) in [4.78, 5) is 22.4. The van der Waals surface area contributed by atoms with E-state index in [0.717, 1.165) is 0 Å². The van der Waals surface area contributed by atoms with Gasteiger partial charge in [0.2, 0.25) is 0 Å². The van der Waals surface area contributed by atoms with Crippen molar-refractivity contribution in [2.24, 2.45) is 5.73 Å². The lowest BCUT2D eigenvalue weighted by atomic mass is 10.3. The maximum Gasteiger partial charge on any atom is 0.251 e. The highest BCUT2D eigenvalue weighted by molar-refractivity contribution is 5.92. The molecular formula is C11H13N5O2. The van der Waals surface area contributed by atoms with E-state index in [1.54, 1.807) is 23.1 Å². The molecule has 0 bridgehead atoms. The van der Waals surface area contributed by atoms with Gasteiger partial charge in [-0.15, -0.1) is 0 Å². The zero-order valence-corrected chi connectivity index (χ0v) is 9.61. The van der Waals surface area contributed by atoms with Gasteiger partial charge in [0, 0.05) is 30.7 Å². The summed E-state index contributed by atoms with van der Waals surface area (Å²) in [5.41, 5.74) is 11.4. The molecule has 7 nitrogen and oxygen atoms in total. The molecule has 2 aromatic heterocycles. The zero-order valence-electron chi connectivity index (χ0n) is 9.61. The number of carbonyl (C=O) groups excluding carboxylic acids is 1. The highest BCUT2D eigenvalue weighted by atomic mass is 16.1. The van der Waals surface area contributed by atoms with Gasteiger partial charge < -0.3 is 16.0 Å². The minimum absolute atomic E-state index is 0.133. The first-order valence-electron chi connectivity index (χ1n) is 5.34. The van der Waals surface area contributed by atoms with Crippen LogP contribution < -0.4 is 17.0 Å². The van der Waals surface area contributed by atoms with Crippen molar-refractivity contribution in [2.45, 2.75) is 13.1 Å². The average molecular weight is 247 g/mol. The van der Waals surface area contributed by atoms with Gasteiger partial charge in [0.25, 0.3) is 11.5 Å². The summed E-state index contributed by atoms with van der Waals surface area (Å²) in [6.07, 6.45) is 4.50. The van der Waals surface area contributed by atoms with Crippen LogP contribution in [0.15, 0.2) is 35.5 Å². The predicted molar refractivity (Wildman–Crippen MR) is 65.9 cm³/mol. The Kier molecular flexibility index (Phi) is 3.13. The highest BCUT2D eigenvalue weighted by Gasteiger charge is 2.04. The lowest BCUT2D eigenvalue weighted by Gasteiger charge is -2.06. The average Bonchev–Trinajstić information content (AvgIpc) is 2.79. The van der Waals surface area contributed by atoms with E-state index in [4.69, 9.17) is 11.5 Å². The fraction of sp³-hybridized carbons (Fsp3) is 0.182. The summed E-state index contributed by atoms with van der Waals surface area (Å²) in [6, 6.07) is 2.96. The van der Waals surface area contributed by atoms with Gasteiger partial charge in [0.05, 0.1) is 18.3 Å². The second-order valence-electron chi connectivity index (χ2n) is 3.85. The van der Waals surface area contributed by atoms with Crippen molar-refractivity contribution < 1.29 is 4.79 Å². The molecule has 1 amide bonds. The van der Waals surface area contributed by atoms with Gasteiger partial charge in [-0.25, -0.2) is 0 Å². The number of nitrogen functional groups attached to an aromatic ring is 1. The topological polar surface area (TPSA) is 109 Å². The summed E-state index contributed by atoms with van der Waals surface area (Å²) < 4.78 is 3.04. The molecule has 0 saturated heterocycles. The summed E-state index contributed by atoms with van der Waals surface area (Å²) in [5, 5.41) is 3.97. The third kappa shape index (κ3) is 2.57. The summed E-state index contributed by atoms with van der Waals surface area (Å²) >= 11 is 0. The lowest BCUT2D eigenvalue weighted by molar-refractivity contribution is 0.1000. The maximum absolute atomic E-state index is 11.5. The van der Waals surface area contributed by atoms with Crippen molar-refractivity contribution in [3.63, 3.8) is 0 Å². The number of hydrogen-bond acceptors (Lipinski definition) is 4. The minimum Gasteiger partial charge on any atom is -0.398 e. The van der Waals surface area contributed by atoms with Crippen LogP contribution in [0.5, 0.6) is 0 Å². The number of nitrogens with two attached hydrogens (primary N) is 2. The molecule has 0 radical (unpaired) electrons. The van der Waals surface area contributed by atoms with Gasteiger partial charge >= 0.3 is 0 Å². The van der Waals surface area contributed by atoms with Crippen LogP contribution in [0.2, 0.25) is 0 Å². The first-order chi connectivity index (χ1) is 8.56. The Morgan fingerprint density at radius 3 is 2.72 bits per heavy atom.